The Morgan fingerprint density at radius 2 is 1.47 bits per heavy atom. The highest BCUT2D eigenvalue weighted by Gasteiger charge is 2.24. The Morgan fingerprint density at radius 3 is 2.13 bits per heavy atom. The molecule has 15 heavy (non-hydrogen) atoms. The molecule has 1 aliphatic carbocycles. The van der Waals surface area contributed by atoms with Crippen LogP contribution in [0.25, 0.3) is 0 Å². The summed E-state index contributed by atoms with van der Waals surface area (Å²) in [4.78, 5) is 2.56. The van der Waals surface area contributed by atoms with E-state index in [1.807, 2.05) is 0 Å². The van der Waals surface area contributed by atoms with Gasteiger partial charge in [-0.05, 0) is 32.2 Å². The van der Waals surface area contributed by atoms with Crippen LogP contribution in [0.5, 0.6) is 0 Å². The van der Waals surface area contributed by atoms with Crippen LogP contribution in [-0.4, -0.2) is 35.2 Å². The van der Waals surface area contributed by atoms with Crippen molar-refractivity contribution < 1.29 is 5.11 Å². The van der Waals surface area contributed by atoms with E-state index >= 15 is 0 Å². The van der Waals surface area contributed by atoms with Crippen LogP contribution in [0.1, 0.15) is 57.8 Å². The van der Waals surface area contributed by atoms with Gasteiger partial charge >= 0.3 is 0 Å². The van der Waals surface area contributed by atoms with Gasteiger partial charge in [0.2, 0.25) is 0 Å². The molecule has 2 aliphatic rings. The Bertz CT molecular complexity index is 175. The molecule has 0 bridgehead atoms. The molecule has 0 amide bonds. The van der Waals surface area contributed by atoms with Gasteiger partial charge < -0.3 is 5.11 Å². The second-order valence-corrected chi connectivity index (χ2v) is 5.29. The number of nitrogens with zero attached hydrogens (tertiary/aromatic N) is 1. The molecular formula is C13H25NO. The lowest BCUT2D eigenvalue weighted by atomic mass is 9.94. The van der Waals surface area contributed by atoms with E-state index in [4.69, 9.17) is 0 Å². The first kappa shape index (κ1) is 11.4. The van der Waals surface area contributed by atoms with Gasteiger partial charge in [0.05, 0.1) is 6.10 Å². The standard InChI is InChI=1S/C13H25NO/c15-13-9-6-10-14(11-13)12-7-4-2-1-3-5-8-12/h12-13,15H,1-11H2. The van der Waals surface area contributed by atoms with E-state index in [9.17, 15) is 5.11 Å². The van der Waals surface area contributed by atoms with Gasteiger partial charge in [-0.15, -0.1) is 0 Å². The molecule has 88 valence electrons. The van der Waals surface area contributed by atoms with Crippen LogP contribution in [0.15, 0.2) is 0 Å². The molecule has 0 spiro atoms. The van der Waals surface area contributed by atoms with Gasteiger partial charge in [0.25, 0.3) is 0 Å². The third-order valence-electron chi connectivity index (χ3n) is 4.02. The molecule has 0 radical (unpaired) electrons. The van der Waals surface area contributed by atoms with E-state index in [1.54, 1.807) is 0 Å². The maximum atomic E-state index is 9.69. The molecule has 1 heterocycles. The highest BCUT2D eigenvalue weighted by Crippen LogP contribution is 2.24. The number of rotatable bonds is 1. The largest absolute Gasteiger partial charge is 0.392 e. The third kappa shape index (κ3) is 3.46. The fourth-order valence-electron chi connectivity index (χ4n) is 3.11. The molecule has 0 aromatic heterocycles. The van der Waals surface area contributed by atoms with Crippen LogP contribution in [0.4, 0.5) is 0 Å². The normalized spacial score (nSPS) is 32.2. The minimum Gasteiger partial charge on any atom is -0.392 e. The fraction of sp³-hybridized carbons (Fsp3) is 1.00. The Balaban J connectivity index is 1.83. The van der Waals surface area contributed by atoms with E-state index in [-0.39, 0.29) is 6.10 Å². The molecule has 0 aromatic carbocycles. The third-order valence-corrected chi connectivity index (χ3v) is 4.02. The van der Waals surface area contributed by atoms with Crippen LogP contribution >= 0.6 is 0 Å². The second-order valence-electron chi connectivity index (χ2n) is 5.29. The number of hydrogen-bond acceptors (Lipinski definition) is 2. The smallest absolute Gasteiger partial charge is 0.0667 e. The minimum atomic E-state index is -0.0517. The maximum absolute atomic E-state index is 9.69. The zero-order valence-electron chi connectivity index (χ0n) is 9.83. The van der Waals surface area contributed by atoms with E-state index in [0.29, 0.717) is 0 Å². The molecule has 1 unspecified atom stereocenters. The number of hydrogen-bond donors (Lipinski definition) is 1. The van der Waals surface area contributed by atoms with Crippen LogP contribution in [0.3, 0.4) is 0 Å². The van der Waals surface area contributed by atoms with E-state index in [2.05, 4.69) is 4.90 Å². The number of likely N-dealkylation sites (tertiary alicyclic amines) is 1. The summed E-state index contributed by atoms with van der Waals surface area (Å²) in [5.74, 6) is 0. The summed E-state index contributed by atoms with van der Waals surface area (Å²) in [7, 11) is 0. The topological polar surface area (TPSA) is 23.5 Å². The first-order valence-corrected chi connectivity index (χ1v) is 6.78. The number of aliphatic hydroxyl groups excluding tert-OH is 1. The van der Waals surface area contributed by atoms with Crippen molar-refractivity contribution in [2.24, 2.45) is 0 Å². The van der Waals surface area contributed by atoms with Gasteiger partial charge in [-0.2, -0.15) is 0 Å². The molecular weight excluding hydrogens is 186 g/mol. The van der Waals surface area contributed by atoms with Crippen molar-refractivity contribution in [3.8, 4) is 0 Å². The van der Waals surface area contributed by atoms with Crippen molar-refractivity contribution in [2.75, 3.05) is 13.1 Å². The Hall–Kier alpha value is -0.0800. The van der Waals surface area contributed by atoms with Gasteiger partial charge in [-0.1, -0.05) is 32.1 Å². The lowest BCUT2D eigenvalue weighted by Gasteiger charge is -2.37. The van der Waals surface area contributed by atoms with Gasteiger partial charge in [-0.3, -0.25) is 4.90 Å². The molecule has 1 saturated heterocycles. The van der Waals surface area contributed by atoms with Crippen molar-refractivity contribution in [2.45, 2.75) is 69.9 Å². The van der Waals surface area contributed by atoms with Crippen LogP contribution in [0.2, 0.25) is 0 Å². The molecule has 1 saturated carbocycles. The van der Waals surface area contributed by atoms with Crippen molar-refractivity contribution in [3.63, 3.8) is 0 Å². The predicted octanol–water partition coefficient (Wildman–Crippen LogP) is 2.56. The quantitative estimate of drug-likeness (QED) is 0.720. The highest BCUT2D eigenvalue weighted by atomic mass is 16.3. The maximum Gasteiger partial charge on any atom is 0.0667 e. The van der Waals surface area contributed by atoms with Crippen molar-refractivity contribution in [1.29, 1.82) is 0 Å². The molecule has 2 nitrogen and oxygen atoms in total. The van der Waals surface area contributed by atoms with Gasteiger partial charge in [0.15, 0.2) is 0 Å². The van der Waals surface area contributed by atoms with Crippen LogP contribution in [0, 0.1) is 0 Å². The monoisotopic (exact) mass is 211 g/mol. The molecule has 1 aliphatic heterocycles. The lowest BCUT2D eigenvalue weighted by Crippen LogP contribution is -2.44. The van der Waals surface area contributed by atoms with E-state index in [1.165, 1.54) is 57.9 Å². The van der Waals surface area contributed by atoms with Crippen molar-refractivity contribution >= 4 is 0 Å². The summed E-state index contributed by atoms with van der Waals surface area (Å²) in [6, 6.07) is 0.778. The summed E-state index contributed by atoms with van der Waals surface area (Å²) < 4.78 is 0. The summed E-state index contributed by atoms with van der Waals surface area (Å²) in [5.41, 5.74) is 0. The second kappa shape index (κ2) is 5.86. The first-order chi connectivity index (χ1) is 7.36. The number of piperidine rings is 1. The van der Waals surface area contributed by atoms with Gasteiger partial charge in [0.1, 0.15) is 0 Å². The minimum absolute atomic E-state index is 0.0517. The SMILES string of the molecule is OC1CCCN(C2CCCCCCC2)C1. The first-order valence-electron chi connectivity index (χ1n) is 6.78. The molecule has 1 atom stereocenters. The molecule has 0 aromatic rings. The van der Waals surface area contributed by atoms with Gasteiger partial charge in [0, 0.05) is 12.6 Å². The summed E-state index contributed by atoms with van der Waals surface area (Å²) in [5, 5.41) is 9.69. The van der Waals surface area contributed by atoms with Crippen LogP contribution in [-0.2, 0) is 0 Å². The average Bonchev–Trinajstić information content (AvgIpc) is 2.16. The van der Waals surface area contributed by atoms with Gasteiger partial charge in [-0.25, -0.2) is 0 Å². The van der Waals surface area contributed by atoms with E-state index < -0.39 is 0 Å². The van der Waals surface area contributed by atoms with Crippen molar-refractivity contribution in [3.05, 3.63) is 0 Å². The Kier molecular flexibility index (Phi) is 4.45. The highest BCUT2D eigenvalue weighted by molar-refractivity contribution is 4.79. The Labute approximate surface area is 93.7 Å². The lowest BCUT2D eigenvalue weighted by molar-refractivity contribution is 0.0392. The molecule has 1 N–H and O–H groups in total. The fourth-order valence-corrected chi connectivity index (χ4v) is 3.11. The Morgan fingerprint density at radius 1 is 0.800 bits per heavy atom. The average molecular weight is 211 g/mol. The predicted molar refractivity (Wildman–Crippen MR) is 62.9 cm³/mol. The number of aliphatic hydroxyl groups is 1. The molecule has 2 rings (SSSR count). The van der Waals surface area contributed by atoms with Crippen molar-refractivity contribution in [1.82, 2.24) is 4.90 Å². The van der Waals surface area contributed by atoms with Crippen LogP contribution < -0.4 is 0 Å². The summed E-state index contributed by atoms with van der Waals surface area (Å²) >= 11 is 0. The zero-order chi connectivity index (χ0) is 10.5. The zero-order valence-corrected chi connectivity index (χ0v) is 9.83. The molecule has 2 heteroatoms. The number of β-amino-alcohol motifs (C(OH)–C–C–N with tert-alkyl or cyclic N) is 1. The van der Waals surface area contributed by atoms with E-state index in [0.717, 1.165) is 19.0 Å². The molecule has 2 fully saturated rings. The summed E-state index contributed by atoms with van der Waals surface area (Å²) in [6.07, 6.45) is 12.0. The summed E-state index contributed by atoms with van der Waals surface area (Å²) in [6.45, 7) is 2.16.